The molecule has 1 aromatic carbocycles. The Morgan fingerprint density at radius 2 is 2.19 bits per heavy atom. The summed E-state index contributed by atoms with van der Waals surface area (Å²) in [6, 6.07) is 6.90. The molecule has 0 aliphatic carbocycles. The number of cyclic esters (lactones) is 1. The minimum atomic E-state index is -0.461. The molecular weight excluding hydrogens is 347 g/mol. The quantitative estimate of drug-likeness (QED) is 0.474. The van der Waals surface area contributed by atoms with E-state index in [4.69, 9.17) is 10.00 Å². The Labute approximate surface area is 158 Å². The van der Waals surface area contributed by atoms with Crippen molar-refractivity contribution in [2.45, 2.75) is 18.9 Å². The molecule has 0 radical (unpaired) electrons. The Balaban J connectivity index is 1.65. The maximum atomic E-state index is 14.7. The molecule has 0 spiro atoms. The number of anilines is 2. The van der Waals surface area contributed by atoms with Crippen molar-refractivity contribution in [2.24, 2.45) is 0 Å². The highest BCUT2D eigenvalue weighted by atomic mass is 19.1. The Bertz CT molecular complexity index is 777. The summed E-state index contributed by atoms with van der Waals surface area (Å²) in [7, 11) is 0. The fourth-order valence-corrected chi connectivity index (χ4v) is 3.38. The summed E-state index contributed by atoms with van der Waals surface area (Å²) >= 11 is 0. The molecule has 27 heavy (non-hydrogen) atoms. The van der Waals surface area contributed by atoms with Gasteiger partial charge in [0, 0.05) is 32.3 Å². The van der Waals surface area contributed by atoms with Gasteiger partial charge in [0.25, 0.3) is 0 Å². The fraction of sp³-hybridized carbons (Fsp3) is 0.400. The monoisotopic (exact) mass is 370 g/mol. The van der Waals surface area contributed by atoms with Gasteiger partial charge in [-0.1, -0.05) is 11.6 Å². The number of ether oxygens (including phenoxy) is 1. The summed E-state index contributed by atoms with van der Waals surface area (Å²) < 4.78 is 20.0. The smallest absolute Gasteiger partial charge is 0.414 e. The second-order valence-corrected chi connectivity index (χ2v) is 6.62. The summed E-state index contributed by atoms with van der Waals surface area (Å²) in [4.78, 5) is 15.5. The zero-order valence-electron chi connectivity index (χ0n) is 15.2. The summed E-state index contributed by atoms with van der Waals surface area (Å²) in [5.41, 5.74) is 2.11. The van der Waals surface area contributed by atoms with Crippen LogP contribution in [-0.4, -0.2) is 44.9 Å². The summed E-state index contributed by atoms with van der Waals surface area (Å²) in [5.74, 6) is -0.360. The number of allylic oxidation sites excluding steroid dienone is 1. The van der Waals surface area contributed by atoms with E-state index in [0.29, 0.717) is 44.1 Å². The first kappa shape index (κ1) is 18.9. The van der Waals surface area contributed by atoms with Crippen molar-refractivity contribution in [2.75, 3.05) is 42.5 Å². The molecule has 2 aliphatic rings. The fourth-order valence-electron chi connectivity index (χ4n) is 3.38. The summed E-state index contributed by atoms with van der Waals surface area (Å²) in [6.07, 6.45) is 4.10. The number of carbonyl (C=O) groups is 1. The third kappa shape index (κ3) is 4.47. The van der Waals surface area contributed by atoms with E-state index in [1.165, 1.54) is 11.0 Å². The first-order valence-corrected chi connectivity index (χ1v) is 9.04. The van der Waals surface area contributed by atoms with Gasteiger partial charge in [-0.05, 0) is 31.0 Å². The molecule has 6 nitrogen and oxygen atoms in total. The molecule has 1 amide bonds. The van der Waals surface area contributed by atoms with E-state index in [9.17, 15) is 9.18 Å². The lowest BCUT2D eigenvalue weighted by Crippen LogP contribution is -2.32. The predicted octanol–water partition coefficient (Wildman–Crippen LogP) is 2.98. The molecular formula is C20H23FN4O2. The van der Waals surface area contributed by atoms with Crippen LogP contribution in [0.2, 0.25) is 0 Å². The lowest BCUT2D eigenvalue weighted by molar-refractivity contribution is 0.141. The Morgan fingerprint density at radius 1 is 1.41 bits per heavy atom. The number of benzene rings is 1. The van der Waals surface area contributed by atoms with E-state index in [-0.39, 0.29) is 11.9 Å². The van der Waals surface area contributed by atoms with Gasteiger partial charge in [-0.3, -0.25) is 4.90 Å². The summed E-state index contributed by atoms with van der Waals surface area (Å²) in [5, 5.41) is 11.8. The van der Waals surface area contributed by atoms with E-state index in [0.717, 1.165) is 18.4 Å². The molecule has 7 heteroatoms. The standard InChI is InChI=1S/C20H23FN4O2/c1-2-9-23-13-17-14-25(20(26)27-17)16-3-4-19(18(21)12-16)24-10-6-15(5-8-22)7-11-24/h2-5,12,17,23H,1,6-7,9-11,13-14H2/t17-/m0/s1. The van der Waals surface area contributed by atoms with Crippen molar-refractivity contribution in [1.29, 1.82) is 5.26 Å². The maximum Gasteiger partial charge on any atom is 0.414 e. The third-order valence-corrected chi connectivity index (χ3v) is 4.79. The van der Waals surface area contributed by atoms with E-state index in [1.54, 1.807) is 24.3 Å². The SMILES string of the molecule is C=CCNC[C@H]1CN(c2ccc(N3CCC(=CC#N)CC3)c(F)c2)C(=O)O1. The highest BCUT2D eigenvalue weighted by molar-refractivity contribution is 5.90. The number of hydrogen-bond donors (Lipinski definition) is 1. The zero-order valence-corrected chi connectivity index (χ0v) is 15.2. The molecule has 3 rings (SSSR count). The average molecular weight is 370 g/mol. The van der Waals surface area contributed by atoms with Gasteiger partial charge in [0.15, 0.2) is 0 Å². The molecule has 1 N–H and O–H groups in total. The lowest BCUT2D eigenvalue weighted by atomic mass is 10.0. The Kier molecular flexibility index (Phi) is 6.09. The van der Waals surface area contributed by atoms with Crippen LogP contribution in [0.15, 0.2) is 42.5 Å². The van der Waals surface area contributed by atoms with Crippen LogP contribution in [-0.2, 0) is 4.74 Å². The van der Waals surface area contributed by atoms with Crippen LogP contribution < -0.4 is 15.1 Å². The normalized spacial score (nSPS) is 19.6. The number of nitrogens with one attached hydrogen (secondary N) is 1. The molecule has 2 saturated heterocycles. The third-order valence-electron chi connectivity index (χ3n) is 4.79. The van der Waals surface area contributed by atoms with Crippen LogP contribution in [0.3, 0.4) is 0 Å². The van der Waals surface area contributed by atoms with E-state index >= 15 is 0 Å². The molecule has 2 fully saturated rings. The number of rotatable bonds is 6. The lowest BCUT2D eigenvalue weighted by Gasteiger charge is -2.30. The largest absolute Gasteiger partial charge is 0.443 e. The van der Waals surface area contributed by atoms with Gasteiger partial charge in [-0.15, -0.1) is 6.58 Å². The minimum absolute atomic E-state index is 0.271. The van der Waals surface area contributed by atoms with Gasteiger partial charge in [-0.2, -0.15) is 5.26 Å². The van der Waals surface area contributed by atoms with Crippen LogP contribution in [0, 0.1) is 17.1 Å². The van der Waals surface area contributed by atoms with Gasteiger partial charge >= 0.3 is 6.09 Å². The van der Waals surface area contributed by atoms with E-state index in [2.05, 4.69) is 18.0 Å². The second kappa shape index (κ2) is 8.69. The van der Waals surface area contributed by atoms with Gasteiger partial charge in [0.2, 0.25) is 0 Å². The number of carbonyl (C=O) groups excluding carboxylic acids is 1. The first-order valence-electron chi connectivity index (χ1n) is 9.04. The molecule has 142 valence electrons. The minimum Gasteiger partial charge on any atom is -0.443 e. The number of piperidine rings is 1. The van der Waals surface area contributed by atoms with Crippen molar-refractivity contribution < 1.29 is 13.9 Å². The van der Waals surface area contributed by atoms with Crippen molar-refractivity contribution in [3.05, 3.63) is 48.3 Å². The average Bonchev–Trinajstić information content (AvgIpc) is 3.03. The second-order valence-electron chi connectivity index (χ2n) is 6.62. The zero-order chi connectivity index (χ0) is 19.2. The molecule has 0 saturated carbocycles. The molecule has 0 unspecified atom stereocenters. The molecule has 1 aromatic rings. The Hall–Kier alpha value is -2.85. The first-order chi connectivity index (χ1) is 13.1. The summed E-state index contributed by atoms with van der Waals surface area (Å²) in [6.45, 7) is 6.52. The van der Waals surface area contributed by atoms with Gasteiger partial charge in [-0.25, -0.2) is 9.18 Å². The highest BCUT2D eigenvalue weighted by Gasteiger charge is 2.32. The predicted molar refractivity (Wildman–Crippen MR) is 102 cm³/mol. The molecule has 1 atom stereocenters. The topological polar surface area (TPSA) is 68.6 Å². The van der Waals surface area contributed by atoms with Gasteiger partial charge in [0.05, 0.1) is 24.0 Å². The van der Waals surface area contributed by atoms with Crippen LogP contribution >= 0.6 is 0 Å². The van der Waals surface area contributed by atoms with Crippen LogP contribution in [0.5, 0.6) is 0 Å². The highest BCUT2D eigenvalue weighted by Crippen LogP contribution is 2.30. The maximum absolute atomic E-state index is 14.7. The van der Waals surface area contributed by atoms with Gasteiger partial charge < -0.3 is 15.0 Å². The molecule has 0 aromatic heterocycles. The van der Waals surface area contributed by atoms with Crippen molar-refractivity contribution in [3.63, 3.8) is 0 Å². The van der Waals surface area contributed by atoms with E-state index < -0.39 is 6.09 Å². The molecule has 2 heterocycles. The Morgan fingerprint density at radius 3 is 2.85 bits per heavy atom. The molecule has 2 aliphatic heterocycles. The number of hydrogen-bond acceptors (Lipinski definition) is 5. The van der Waals surface area contributed by atoms with Crippen molar-refractivity contribution >= 4 is 17.5 Å². The van der Waals surface area contributed by atoms with Crippen molar-refractivity contribution in [3.8, 4) is 6.07 Å². The number of nitrogens with zero attached hydrogens (tertiary/aromatic N) is 3. The number of nitriles is 1. The van der Waals surface area contributed by atoms with Crippen LogP contribution in [0.25, 0.3) is 0 Å². The van der Waals surface area contributed by atoms with E-state index in [1.807, 2.05) is 4.90 Å². The number of halogens is 1. The number of amides is 1. The molecule has 0 bridgehead atoms. The van der Waals surface area contributed by atoms with Crippen LogP contribution in [0.4, 0.5) is 20.6 Å². The van der Waals surface area contributed by atoms with Crippen molar-refractivity contribution in [1.82, 2.24) is 5.32 Å². The van der Waals surface area contributed by atoms with Gasteiger partial charge in [0.1, 0.15) is 11.9 Å². The van der Waals surface area contributed by atoms with Crippen LogP contribution in [0.1, 0.15) is 12.8 Å².